The Morgan fingerprint density at radius 1 is 0.892 bits per heavy atom. The number of amides is 1. The number of hydrogen-bond acceptors (Lipinski definition) is 5. The molecule has 1 aliphatic rings. The highest BCUT2D eigenvalue weighted by Gasteiger charge is 2.33. The molecule has 0 atom stereocenters. The van der Waals surface area contributed by atoms with Gasteiger partial charge in [-0.1, -0.05) is 72.8 Å². The first-order valence-electron chi connectivity index (χ1n) is 11.9. The zero-order chi connectivity index (χ0) is 25.4. The number of fused-ring (bicyclic) bond motifs is 2. The van der Waals surface area contributed by atoms with Gasteiger partial charge in [-0.3, -0.25) is 14.6 Å². The first-order chi connectivity index (χ1) is 18.1. The van der Waals surface area contributed by atoms with E-state index < -0.39 is 12.5 Å². The number of nitrogens with one attached hydrogen (secondary N) is 1. The third-order valence-electron chi connectivity index (χ3n) is 6.47. The minimum atomic E-state index is -0.688. The van der Waals surface area contributed by atoms with Crippen molar-refractivity contribution < 1.29 is 14.7 Å². The van der Waals surface area contributed by atoms with Crippen LogP contribution in [0, 0.1) is 0 Å². The maximum atomic E-state index is 14.1. The fraction of sp³-hybridized carbons (Fsp3) is 0.0667. The number of pyridine rings is 1. The van der Waals surface area contributed by atoms with E-state index in [0.717, 1.165) is 27.6 Å². The van der Waals surface area contributed by atoms with Crippen molar-refractivity contribution in [2.24, 2.45) is 0 Å². The molecule has 3 heterocycles. The van der Waals surface area contributed by atoms with Crippen molar-refractivity contribution in [1.29, 1.82) is 0 Å². The summed E-state index contributed by atoms with van der Waals surface area (Å²) in [6.07, 6.45) is 1.97. The first-order valence-corrected chi connectivity index (χ1v) is 11.9. The van der Waals surface area contributed by atoms with Gasteiger partial charge in [-0.15, -0.1) is 0 Å². The first kappa shape index (κ1) is 22.6. The highest BCUT2D eigenvalue weighted by Crippen LogP contribution is 2.39. The summed E-state index contributed by atoms with van der Waals surface area (Å²) in [6.45, 7) is -0.688. The molecular weight excluding hydrogens is 464 g/mol. The van der Waals surface area contributed by atoms with Crippen LogP contribution in [-0.4, -0.2) is 38.3 Å². The second kappa shape index (κ2) is 9.29. The largest absolute Gasteiger partial charge is 0.387 e. The predicted molar refractivity (Wildman–Crippen MR) is 141 cm³/mol. The number of aliphatic hydroxyl groups excluding tert-OH is 1. The molecule has 0 unspecified atom stereocenters. The number of nitrogens with zero attached hydrogens (tertiary/aromatic N) is 3. The summed E-state index contributed by atoms with van der Waals surface area (Å²) in [6, 6.07) is 28.8. The molecule has 6 rings (SSSR count). The summed E-state index contributed by atoms with van der Waals surface area (Å²) in [5.74, 6) is -0.933. The molecule has 0 saturated heterocycles. The van der Waals surface area contributed by atoms with Crippen LogP contribution >= 0.6 is 0 Å². The molecule has 0 spiro atoms. The number of allylic oxidation sites excluding steroid dienone is 2. The van der Waals surface area contributed by atoms with Gasteiger partial charge in [0.15, 0.2) is 0 Å². The molecule has 2 N–H and O–H groups in total. The molecule has 7 nitrogen and oxygen atoms in total. The molecule has 180 valence electrons. The number of benzene rings is 3. The van der Waals surface area contributed by atoms with Gasteiger partial charge in [-0.2, -0.15) is 9.78 Å². The lowest BCUT2D eigenvalue weighted by Crippen LogP contribution is -2.34. The zero-order valence-corrected chi connectivity index (χ0v) is 19.8. The van der Waals surface area contributed by atoms with Gasteiger partial charge in [0.25, 0.3) is 5.91 Å². The van der Waals surface area contributed by atoms with E-state index in [4.69, 9.17) is 5.10 Å². The van der Waals surface area contributed by atoms with Crippen LogP contribution in [0.1, 0.15) is 16.1 Å². The smallest absolute Gasteiger partial charge is 0.280 e. The molecule has 3 aromatic carbocycles. The van der Waals surface area contributed by atoms with Gasteiger partial charge >= 0.3 is 0 Å². The van der Waals surface area contributed by atoms with E-state index in [1.807, 2.05) is 91.0 Å². The number of hydrogen-bond donors (Lipinski definition) is 2. The molecule has 7 heteroatoms. The Morgan fingerprint density at radius 2 is 1.62 bits per heavy atom. The molecular formula is C30H22N4O3. The van der Waals surface area contributed by atoms with Gasteiger partial charge in [0.2, 0.25) is 5.91 Å². The van der Waals surface area contributed by atoms with Crippen LogP contribution in [0.5, 0.6) is 0 Å². The van der Waals surface area contributed by atoms with Gasteiger partial charge < -0.3 is 10.4 Å². The van der Waals surface area contributed by atoms with Gasteiger partial charge in [-0.25, -0.2) is 0 Å². The van der Waals surface area contributed by atoms with E-state index in [2.05, 4.69) is 10.3 Å². The fourth-order valence-electron chi connectivity index (χ4n) is 4.82. The van der Waals surface area contributed by atoms with Crippen LogP contribution in [0.3, 0.4) is 0 Å². The number of rotatable bonds is 5. The highest BCUT2D eigenvalue weighted by atomic mass is 16.3. The van der Waals surface area contributed by atoms with Crippen molar-refractivity contribution >= 4 is 28.3 Å². The third-order valence-corrected chi connectivity index (χ3v) is 6.47. The molecule has 0 aliphatic carbocycles. The monoisotopic (exact) mass is 486 g/mol. The molecule has 2 aromatic heterocycles. The molecule has 5 aromatic rings. The SMILES string of the molecule is O=C(CO)NC1=C(c2ccc3ncccc3c2)C(=O)n2nc(-c3ccccc3)c(-c3ccccc3)c2C1. The molecule has 1 amide bonds. The third kappa shape index (κ3) is 4.01. The van der Waals surface area contributed by atoms with E-state index >= 15 is 0 Å². The molecule has 1 aliphatic heterocycles. The Kier molecular flexibility index (Phi) is 5.67. The molecule has 0 radical (unpaired) electrons. The number of aromatic nitrogens is 3. The lowest BCUT2D eigenvalue weighted by molar-refractivity contribution is -0.123. The van der Waals surface area contributed by atoms with E-state index in [1.54, 1.807) is 6.20 Å². The lowest BCUT2D eigenvalue weighted by atomic mass is 9.92. The summed E-state index contributed by atoms with van der Waals surface area (Å²) in [5, 5.41) is 17.9. The van der Waals surface area contributed by atoms with E-state index in [0.29, 0.717) is 28.2 Å². The van der Waals surface area contributed by atoms with Crippen molar-refractivity contribution in [3.63, 3.8) is 0 Å². The molecule has 0 saturated carbocycles. The Hall–Kier alpha value is -4.88. The normalized spacial score (nSPS) is 13.1. The van der Waals surface area contributed by atoms with Crippen LogP contribution in [0.15, 0.2) is 103 Å². The number of carbonyl (C=O) groups excluding carboxylic acids is 2. The summed E-state index contributed by atoms with van der Waals surface area (Å²) < 4.78 is 1.45. The zero-order valence-electron chi connectivity index (χ0n) is 19.8. The van der Waals surface area contributed by atoms with Crippen LogP contribution in [0.25, 0.3) is 38.9 Å². The Morgan fingerprint density at radius 3 is 2.35 bits per heavy atom. The minimum Gasteiger partial charge on any atom is -0.387 e. The van der Waals surface area contributed by atoms with E-state index in [9.17, 15) is 14.7 Å². The minimum absolute atomic E-state index is 0.252. The number of carbonyl (C=O) groups is 2. The maximum absolute atomic E-state index is 14.1. The van der Waals surface area contributed by atoms with Crippen molar-refractivity contribution in [3.05, 3.63) is 114 Å². The van der Waals surface area contributed by atoms with Crippen molar-refractivity contribution in [2.75, 3.05) is 6.61 Å². The molecule has 0 bridgehead atoms. The Labute approximate surface area is 212 Å². The quantitative estimate of drug-likeness (QED) is 0.382. The highest BCUT2D eigenvalue weighted by molar-refractivity contribution is 6.23. The van der Waals surface area contributed by atoms with Crippen molar-refractivity contribution in [1.82, 2.24) is 20.1 Å². The van der Waals surface area contributed by atoms with E-state index in [1.165, 1.54) is 4.68 Å². The van der Waals surface area contributed by atoms with Gasteiger partial charge in [-0.05, 0) is 29.3 Å². The topological polar surface area (TPSA) is 97.1 Å². The van der Waals surface area contributed by atoms with Gasteiger partial charge in [0.05, 0.1) is 16.8 Å². The van der Waals surface area contributed by atoms with Gasteiger partial charge in [0.1, 0.15) is 12.3 Å². The van der Waals surface area contributed by atoms with Crippen molar-refractivity contribution in [3.8, 4) is 22.4 Å². The number of aliphatic hydroxyl groups is 1. The summed E-state index contributed by atoms with van der Waals surface area (Å²) in [7, 11) is 0. The van der Waals surface area contributed by atoms with E-state index in [-0.39, 0.29) is 12.3 Å². The average Bonchev–Trinajstić information content (AvgIpc) is 3.33. The summed E-state index contributed by atoms with van der Waals surface area (Å²) >= 11 is 0. The average molecular weight is 487 g/mol. The molecule has 0 fully saturated rings. The van der Waals surface area contributed by atoms with Crippen LogP contribution in [-0.2, 0) is 11.2 Å². The van der Waals surface area contributed by atoms with Gasteiger partial charge in [0, 0.05) is 34.8 Å². The standard InChI is InChI=1S/C30H22N4O3/c35-18-26(36)32-24-17-25-28(19-8-3-1-4-9-19)29(20-10-5-2-6-11-20)33-34(25)30(37)27(24)22-13-14-23-21(16-22)12-7-15-31-23/h1-16,35H,17-18H2,(H,32,36). The van der Waals surface area contributed by atoms with Crippen LogP contribution < -0.4 is 5.32 Å². The lowest BCUT2D eigenvalue weighted by Gasteiger charge is -2.22. The second-order valence-electron chi connectivity index (χ2n) is 8.77. The summed E-state index contributed by atoms with van der Waals surface area (Å²) in [5.41, 5.74) is 6.20. The van der Waals surface area contributed by atoms with Crippen molar-refractivity contribution in [2.45, 2.75) is 6.42 Å². The molecule has 37 heavy (non-hydrogen) atoms. The Balaban J connectivity index is 1.58. The maximum Gasteiger partial charge on any atom is 0.280 e. The van der Waals surface area contributed by atoms with Crippen LogP contribution in [0.2, 0.25) is 0 Å². The fourth-order valence-corrected chi connectivity index (χ4v) is 4.82. The second-order valence-corrected chi connectivity index (χ2v) is 8.77. The predicted octanol–water partition coefficient (Wildman–Crippen LogP) is 4.48. The van der Waals surface area contributed by atoms with Crippen LogP contribution in [0.4, 0.5) is 0 Å². The Bertz CT molecular complexity index is 1690. The summed E-state index contributed by atoms with van der Waals surface area (Å²) in [4.78, 5) is 30.8.